The number of carboxylic acids is 1. The van der Waals surface area contributed by atoms with Crippen LogP contribution in [0.2, 0.25) is 0 Å². The van der Waals surface area contributed by atoms with Crippen LogP contribution in [0.3, 0.4) is 0 Å². The summed E-state index contributed by atoms with van der Waals surface area (Å²) in [4.78, 5) is 11.5. The number of hydrogen-bond donors (Lipinski definition) is 1. The molecule has 2 aromatic rings. The molecule has 1 heterocycles. The molecule has 0 saturated heterocycles. The van der Waals surface area contributed by atoms with Crippen LogP contribution in [0.25, 0.3) is 11.3 Å². The van der Waals surface area contributed by atoms with Crippen LogP contribution in [0.4, 0.5) is 0 Å². The Hall–Kier alpha value is -2.50. The molecule has 0 atom stereocenters. The topological polar surface area (TPSA) is 73.6 Å². The molecule has 0 amide bonds. The number of benzene rings is 1. The van der Waals surface area contributed by atoms with Gasteiger partial charge in [0.1, 0.15) is 22.8 Å². The van der Waals surface area contributed by atoms with Gasteiger partial charge >= 0.3 is 5.97 Å². The normalized spacial score (nSPS) is 10.7. The van der Waals surface area contributed by atoms with Gasteiger partial charge < -0.3 is 14.6 Å². The molecule has 0 radical (unpaired) electrons. The summed E-state index contributed by atoms with van der Waals surface area (Å²) < 4.78 is 12.1. The van der Waals surface area contributed by atoms with Crippen LogP contribution in [0.5, 0.6) is 11.5 Å². The van der Waals surface area contributed by atoms with Gasteiger partial charge in [-0.1, -0.05) is 0 Å². The minimum Gasteiger partial charge on any atom is -0.497 e. The highest BCUT2D eigenvalue weighted by atomic mass is 16.5. The van der Waals surface area contributed by atoms with E-state index in [4.69, 9.17) is 9.47 Å². The maximum Gasteiger partial charge on any atom is 0.339 e. The van der Waals surface area contributed by atoms with Crippen molar-refractivity contribution in [1.29, 1.82) is 0 Å². The molecule has 0 spiro atoms. The second-order valence-electron chi connectivity index (χ2n) is 4.84. The molecule has 2 rings (SSSR count). The highest BCUT2D eigenvalue weighted by Gasteiger charge is 2.21. The zero-order valence-corrected chi connectivity index (χ0v) is 12.5. The third kappa shape index (κ3) is 2.84. The molecule has 1 aromatic carbocycles. The minimum absolute atomic E-state index is 0.0634. The summed E-state index contributed by atoms with van der Waals surface area (Å²) in [5, 5.41) is 13.8. The SMILES string of the molecule is COc1ccc(OC)c(-c2nn(C(C)C)cc2C(=O)O)c1. The predicted octanol–water partition coefficient (Wildman–Crippen LogP) is 2.85. The molecule has 6 heteroatoms. The monoisotopic (exact) mass is 290 g/mol. The quantitative estimate of drug-likeness (QED) is 0.916. The van der Waals surface area contributed by atoms with Gasteiger partial charge in [-0.15, -0.1) is 0 Å². The summed E-state index contributed by atoms with van der Waals surface area (Å²) in [7, 11) is 3.08. The Morgan fingerprint density at radius 2 is 2.00 bits per heavy atom. The summed E-state index contributed by atoms with van der Waals surface area (Å²) in [5.41, 5.74) is 1.09. The average Bonchev–Trinajstić information content (AvgIpc) is 2.92. The van der Waals surface area contributed by atoms with Crippen molar-refractivity contribution in [2.24, 2.45) is 0 Å². The summed E-state index contributed by atoms with van der Waals surface area (Å²) in [6, 6.07) is 5.27. The number of hydrogen-bond acceptors (Lipinski definition) is 4. The van der Waals surface area contributed by atoms with E-state index in [9.17, 15) is 9.90 Å². The molecule has 112 valence electrons. The van der Waals surface area contributed by atoms with Gasteiger partial charge in [0, 0.05) is 17.8 Å². The third-order valence-corrected chi connectivity index (χ3v) is 3.15. The smallest absolute Gasteiger partial charge is 0.339 e. The van der Waals surface area contributed by atoms with Crippen molar-refractivity contribution in [3.63, 3.8) is 0 Å². The van der Waals surface area contributed by atoms with Gasteiger partial charge in [0.15, 0.2) is 0 Å². The summed E-state index contributed by atoms with van der Waals surface area (Å²) >= 11 is 0. The van der Waals surface area contributed by atoms with Crippen molar-refractivity contribution in [1.82, 2.24) is 9.78 Å². The third-order valence-electron chi connectivity index (χ3n) is 3.15. The molecule has 21 heavy (non-hydrogen) atoms. The number of carbonyl (C=O) groups is 1. The molecule has 0 fully saturated rings. The zero-order chi connectivity index (χ0) is 15.6. The largest absolute Gasteiger partial charge is 0.497 e. The van der Waals surface area contributed by atoms with E-state index in [2.05, 4.69) is 5.10 Å². The lowest BCUT2D eigenvalue weighted by Gasteiger charge is -2.09. The van der Waals surface area contributed by atoms with Crippen molar-refractivity contribution in [3.05, 3.63) is 30.0 Å². The molecule has 0 saturated carbocycles. The number of nitrogens with zero attached hydrogens (tertiary/aromatic N) is 2. The molecule has 0 unspecified atom stereocenters. The van der Waals surface area contributed by atoms with Gasteiger partial charge in [-0.2, -0.15) is 5.10 Å². The van der Waals surface area contributed by atoms with Crippen molar-refractivity contribution in [3.8, 4) is 22.8 Å². The Labute approximate surface area is 122 Å². The van der Waals surface area contributed by atoms with E-state index in [1.165, 1.54) is 13.3 Å². The number of rotatable bonds is 5. The van der Waals surface area contributed by atoms with E-state index < -0.39 is 5.97 Å². The zero-order valence-electron chi connectivity index (χ0n) is 12.5. The predicted molar refractivity (Wildman–Crippen MR) is 78.1 cm³/mol. The molecule has 0 aliphatic carbocycles. The van der Waals surface area contributed by atoms with Crippen molar-refractivity contribution < 1.29 is 19.4 Å². The lowest BCUT2D eigenvalue weighted by atomic mass is 10.1. The second-order valence-corrected chi connectivity index (χ2v) is 4.84. The Balaban J connectivity index is 2.67. The number of aromatic carboxylic acids is 1. The maximum atomic E-state index is 11.5. The van der Waals surface area contributed by atoms with Crippen molar-refractivity contribution in [2.45, 2.75) is 19.9 Å². The van der Waals surface area contributed by atoms with Gasteiger partial charge in [0.25, 0.3) is 0 Å². The van der Waals surface area contributed by atoms with E-state index in [1.54, 1.807) is 30.0 Å². The van der Waals surface area contributed by atoms with E-state index in [-0.39, 0.29) is 11.6 Å². The molecule has 1 aromatic heterocycles. The lowest BCUT2D eigenvalue weighted by Crippen LogP contribution is -2.01. The Morgan fingerprint density at radius 1 is 1.29 bits per heavy atom. The van der Waals surface area contributed by atoms with Crippen LogP contribution in [-0.4, -0.2) is 35.1 Å². The standard InChI is InChI=1S/C15H18N2O4/c1-9(2)17-8-12(15(18)19)14(16-17)11-7-10(20-3)5-6-13(11)21-4/h5-9H,1-4H3,(H,18,19). The van der Waals surface area contributed by atoms with Crippen molar-refractivity contribution >= 4 is 5.97 Å². The molecule has 0 aliphatic rings. The molecule has 6 nitrogen and oxygen atoms in total. The average molecular weight is 290 g/mol. The first-order chi connectivity index (χ1) is 9.97. The number of ether oxygens (including phenoxy) is 2. The van der Waals surface area contributed by atoms with E-state index in [0.717, 1.165) is 0 Å². The molecule has 0 bridgehead atoms. The lowest BCUT2D eigenvalue weighted by molar-refractivity contribution is 0.0697. The van der Waals surface area contributed by atoms with Gasteiger partial charge in [0.2, 0.25) is 0 Å². The van der Waals surface area contributed by atoms with Crippen LogP contribution < -0.4 is 9.47 Å². The van der Waals surface area contributed by atoms with Gasteiger partial charge in [-0.3, -0.25) is 4.68 Å². The van der Waals surface area contributed by atoms with Gasteiger partial charge in [-0.05, 0) is 32.0 Å². The fraction of sp³-hybridized carbons (Fsp3) is 0.333. The van der Waals surface area contributed by atoms with Gasteiger partial charge in [-0.25, -0.2) is 4.79 Å². The second kappa shape index (κ2) is 5.87. The maximum absolute atomic E-state index is 11.5. The van der Waals surface area contributed by atoms with Crippen LogP contribution in [0.15, 0.2) is 24.4 Å². The summed E-state index contributed by atoms with van der Waals surface area (Å²) in [6.45, 7) is 3.87. The fourth-order valence-corrected chi connectivity index (χ4v) is 2.01. The first-order valence-electron chi connectivity index (χ1n) is 6.52. The van der Waals surface area contributed by atoms with Crippen LogP contribution >= 0.6 is 0 Å². The van der Waals surface area contributed by atoms with Crippen LogP contribution in [-0.2, 0) is 0 Å². The Kier molecular flexibility index (Phi) is 4.16. The van der Waals surface area contributed by atoms with Crippen LogP contribution in [0, 0.1) is 0 Å². The van der Waals surface area contributed by atoms with E-state index in [1.807, 2.05) is 13.8 Å². The summed E-state index contributed by atoms with van der Waals surface area (Å²) in [5.74, 6) is 0.135. The Bertz CT molecular complexity index is 662. The van der Waals surface area contributed by atoms with Gasteiger partial charge in [0.05, 0.1) is 14.2 Å². The highest BCUT2D eigenvalue weighted by Crippen LogP contribution is 2.34. The van der Waals surface area contributed by atoms with Crippen LogP contribution in [0.1, 0.15) is 30.2 Å². The fourth-order valence-electron chi connectivity index (χ4n) is 2.01. The van der Waals surface area contributed by atoms with Crippen molar-refractivity contribution in [2.75, 3.05) is 14.2 Å². The molecular weight excluding hydrogens is 272 g/mol. The molecule has 0 aliphatic heterocycles. The first-order valence-corrected chi connectivity index (χ1v) is 6.52. The number of aromatic nitrogens is 2. The molecule has 1 N–H and O–H groups in total. The van der Waals surface area contributed by atoms with E-state index >= 15 is 0 Å². The number of methoxy groups -OCH3 is 2. The molecular formula is C15H18N2O4. The summed E-state index contributed by atoms with van der Waals surface area (Å²) in [6.07, 6.45) is 1.53. The highest BCUT2D eigenvalue weighted by molar-refractivity contribution is 5.95. The van der Waals surface area contributed by atoms with E-state index in [0.29, 0.717) is 22.8 Å². The first kappa shape index (κ1) is 14.9. The number of carboxylic acid groups (broad SMARTS) is 1. The Morgan fingerprint density at radius 3 is 2.52 bits per heavy atom. The minimum atomic E-state index is -1.03.